The van der Waals surface area contributed by atoms with Gasteiger partial charge in [0.05, 0.1) is 12.8 Å². The van der Waals surface area contributed by atoms with Gasteiger partial charge in [0.2, 0.25) is 0 Å². The second kappa shape index (κ2) is 4.58. The number of carbonyl (C=O) groups is 1. The third-order valence-electron chi connectivity index (χ3n) is 0.818. The summed E-state index contributed by atoms with van der Waals surface area (Å²) in [4.78, 5) is 10.9. The zero-order chi connectivity index (χ0) is 9.61. The molecule has 0 aromatic heterocycles. The van der Waals surface area contributed by atoms with Gasteiger partial charge in [-0.05, 0) is 20.8 Å². The number of amides is 1. The van der Waals surface area contributed by atoms with E-state index in [0.717, 1.165) is 6.21 Å². The lowest BCUT2D eigenvalue weighted by Gasteiger charge is -2.19. The largest absolute Gasteiger partial charge is 0.444 e. The summed E-state index contributed by atoms with van der Waals surface area (Å²) in [5.41, 5.74) is -0.500. The van der Waals surface area contributed by atoms with Gasteiger partial charge in [0.1, 0.15) is 5.60 Å². The maximum Gasteiger partial charge on any atom is 0.407 e. The maximum atomic E-state index is 10.9. The molecule has 12 heavy (non-hydrogen) atoms. The Morgan fingerprint density at radius 1 is 1.67 bits per heavy atom. The average molecular weight is 174 g/mol. The second-order valence-corrected chi connectivity index (χ2v) is 3.18. The molecule has 0 unspecified atom stereocenters. The highest BCUT2D eigenvalue weighted by atomic mass is 16.6. The first-order valence-corrected chi connectivity index (χ1v) is 3.58. The number of alkyl carbamates (subject to hydrolysis) is 1. The molecule has 0 atom stereocenters. The monoisotopic (exact) mass is 174 g/mol. The molecule has 0 radical (unpaired) electrons. The highest BCUT2D eigenvalue weighted by Gasteiger charge is 2.14. The highest BCUT2D eigenvalue weighted by molar-refractivity contribution is 5.72. The quantitative estimate of drug-likeness (QED) is 0.372. The summed E-state index contributed by atoms with van der Waals surface area (Å²) in [6.45, 7) is 5.47. The number of ether oxygens (including phenoxy) is 1. The smallest absolute Gasteiger partial charge is 0.407 e. The van der Waals surface area contributed by atoms with Crippen LogP contribution in [0.25, 0.3) is 0 Å². The van der Waals surface area contributed by atoms with Crippen molar-refractivity contribution in [1.29, 1.82) is 0 Å². The minimum absolute atomic E-state index is 0.158. The third kappa shape index (κ3) is 6.85. The number of rotatable bonds is 2. The van der Waals surface area contributed by atoms with Crippen molar-refractivity contribution in [2.75, 3.05) is 6.54 Å². The molecule has 0 bridgehead atoms. The fourth-order valence-corrected chi connectivity index (χ4v) is 0.484. The van der Waals surface area contributed by atoms with E-state index in [2.05, 4.69) is 10.5 Å². The first kappa shape index (κ1) is 10.7. The van der Waals surface area contributed by atoms with Crippen molar-refractivity contribution >= 4 is 12.3 Å². The maximum absolute atomic E-state index is 10.9. The van der Waals surface area contributed by atoms with Gasteiger partial charge in [0.15, 0.2) is 0 Å². The third-order valence-corrected chi connectivity index (χ3v) is 0.818. The van der Waals surface area contributed by atoms with Crippen molar-refractivity contribution in [2.24, 2.45) is 5.16 Å². The summed E-state index contributed by atoms with van der Waals surface area (Å²) in [5.74, 6) is 0. The summed E-state index contributed by atoms with van der Waals surface area (Å²) in [5, 5.41) is 13.1. The van der Waals surface area contributed by atoms with Crippen molar-refractivity contribution in [2.45, 2.75) is 26.4 Å². The first-order chi connectivity index (χ1) is 5.45. The Bertz CT molecular complexity index is 172. The van der Waals surface area contributed by atoms with Crippen LogP contribution in [0.2, 0.25) is 0 Å². The number of nitrogens with one attached hydrogen (secondary N) is 1. The van der Waals surface area contributed by atoms with Crippen LogP contribution in [0.15, 0.2) is 5.16 Å². The van der Waals surface area contributed by atoms with Crippen molar-refractivity contribution < 1.29 is 14.7 Å². The predicted molar refractivity (Wildman–Crippen MR) is 44.5 cm³/mol. The van der Waals surface area contributed by atoms with Crippen molar-refractivity contribution in [3.63, 3.8) is 0 Å². The molecule has 0 heterocycles. The van der Waals surface area contributed by atoms with E-state index in [0.29, 0.717) is 0 Å². The van der Waals surface area contributed by atoms with Gasteiger partial charge >= 0.3 is 6.09 Å². The fourth-order valence-electron chi connectivity index (χ4n) is 0.484. The van der Waals surface area contributed by atoms with Crippen LogP contribution < -0.4 is 5.32 Å². The molecule has 1 amide bonds. The van der Waals surface area contributed by atoms with Crippen molar-refractivity contribution in [3.05, 3.63) is 0 Å². The lowest BCUT2D eigenvalue weighted by Crippen LogP contribution is -2.33. The predicted octanol–water partition coefficient (Wildman–Crippen LogP) is 0.971. The molecule has 0 aromatic carbocycles. The Kier molecular flexibility index (Phi) is 4.10. The zero-order valence-electron chi connectivity index (χ0n) is 7.50. The molecular weight excluding hydrogens is 160 g/mol. The van der Waals surface area contributed by atoms with Crippen molar-refractivity contribution in [1.82, 2.24) is 5.32 Å². The number of nitrogens with zero attached hydrogens (tertiary/aromatic N) is 1. The molecule has 5 nitrogen and oxygen atoms in total. The second-order valence-electron chi connectivity index (χ2n) is 3.18. The van der Waals surface area contributed by atoms with Crippen LogP contribution in [0.4, 0.5) is 4.79 Å². The van der Waals surface area contributed by atoms with Crippen LogP contribution in [0.3, 0.4) is 0 Å². The van der Waals surface area contributed by atoms with Crippen LogP contribution >= 0.6 is 0 Å². The van der Waals surface area contributed by atoms with Gasteiger partial charge in [-0.3, -0.25) is 0 Å². The van der Waals surface area contributed by atoms with Gasteiger partial charge in [0.25, 0.3) is 0 Å². The lowest BCUT2D eigenvalue weighted by atomic mass is 10.2. The van der Waals surface area contributed by atoms with Gasteiger partial charge in [-0.1, -0.05) is 0 Å². The van der Waals surface area contributed by atoms with Crippen LogP contribution in [0.5, 0.6) is 0 Å². The van der Waals surface area contributed by atoms with E-state index in [1.165, 1.54) is 0 Å². The minimum atomic E-state index is -0.526. The first-order valence-electron chi connectivity index (χ1n) is 3.58. The molecule has 0 aliphatic rings. The molecule has 0 saturated carbocycles. The average Bonchev–Trinajstić information content (AvgIpc) is 1.84. The van der Waals surface area contributed by atoms with Gasteiger partial charge in [0, 0.05) is 0 Å². The van der Waals surface area contributed by atoms with E-state index in [-0.39, 0.29) is 6.54 Å². The lowest BCUT2D eigenvalue weighted by molar-refractivity contribution is 0.0536. The Hall–Kier alpha value is -1.26. The van der Waals surface area contributed by atoms with E-state index in [1.807, 2.05) is 0 Å². The molecule has 0 aliphatic carbocycles. The Morgan fingerprint density at radius 3 is 2.67 bits per heavy atom. The van der Waals surface area contributed by atoms with Crippen molar-refractivity contribution in [3.8, 4) is 0 Å². The topological polar surface area (TPSA) is 70.9 Å². The summed E-state index contributed by atoms with van der Waals surface area (Å²) in [6.07, 6.45) is 0.631. The molecule has 0 spiro atoms. The van der Waals surface area contributed by atoms with E-state index >= 15 is 0 Å². The van der Waals surface area contributed by atoms with E-state index in [4.69, 9.17) is 9.94 Å². The number of hydrogen-bond acceptors (Lipinski definition) is 4. The molecule has 0 aliphatic heterocycles. The molecule has 5 heteroatoms. The molecule has 0 rings (SSSR count). The molecule has 70 valence electrons. The van der Waals surface area contributed by atoms with E-state index in [1.54, 1.807) is 20.8 Å². The summed E-state index contributed by atoms with van der Waals surface area (Å²) in [7, 11) is 0. The van der Waals surface area contributed by atoms with Gasteiger partial charge in [-0.2, -0.15) is 0 Å². The Morgan fingerprint density at radius 2 is 2.25 bits per heavy atom. The number of hydrogen-bond donors (Lipinski definition) is 2. The molecule has 0 saturated heterocycles. The zero-order valence-corrected chi connectivity index (χ0v) is 7.50. The molecular formula is C7H14N2O3. The fraction of sp³-hybridized carbons (Fsp3) is 0.714. The van der Waals surface area contributed by atoms with Gasteiger partial charge in [-0.15, -0.1) is 5.16 Å². The van der Waals surface area contributed by atoms with Crippen LogP contribution in [-0.4, -0.2) is 29.7 Å². The molecule has 0 fully saturated rings. The highest BCUT2D eigenvalue weighted by Crippen LogP contribution is 2.05. The summed E-state index contributed by atoms with van der Waals surface area (Å²) in [6, 6.07) is 0. The summed E-state index contributed by atoms with van der Waals surface area (Å²) < 4.78 is 4.89. The Labute approximate surface area is 71.4 Å². The van der Waals surface area contributed by atoms with Gasteiger partial charge < -0.3 is 15.3 Å². The minimum Gasteiger partial charge on any atom is -0.444 e. The molecule has 2 N–H and O–H groups in total. The normalized spacial score (nSPS) is 11.6. The number of carbonyl (C=O) groups excluding carboxylic acids is 1. The van der Waals surface area contributed by atoms with Gasteiger partial charge in [-0.25, -0.2) is 4.79 Å². The SMILES string of the molecule is CC(C)(C)OC(=O)NC/C=N\O. The van der Waals surface area contributed by atoms with Crippen LogP contribution in [0, 0.1) is 0 Å². The van der Waals surface area contributed by atoms with E-state index < -0.39 is 11.7 Å². The van der Waals surface area contributed by atoms with E-state index in [9.17, 15) is 4.79 Å². The standard InChI is InChI=1S/C7H14N2O3/c1-7(2,3)12-6(10)8-4-5-9-11/h5,11H,4H2,1-3H3,(H,8,10)/b9-5-. The van der Waals surface area contributed by atoms with Crippen LogP contribution in [-0.2, 0) is 4.74 Å². The number of oxime groups is 1. The van der Waals surface area contributed by atoms with Crippen LogP contribution in [0.1, 0.15) is 20.8 Å². The Balaban J connectivity index is 3.61. The summed E-state index contributed by atoms with van der Waals surface area (Å²) >= 11 is 0. The molecule has 0 aromatic rings.